The van der Waals surface area contributed by atoms with Crippen molar-refractivity contribution in [1.29, 1.82) is 0 Å². The third kappa shape index (κ3) is 4.53. The molecule has 0 bridgehead atoms. The Labute approximate surface area is 173 Å². The third-order valence-corrected chi connectivity index (χ3v) is 7.27. The van der Waals surface area contributed by atoms with Gasteiger partial charge in [-0.2, -0.15) is 0 Å². The van der Waals surface area contributed by atoms with Gasteiger partial charge in [0.2, 0.25) is 5.91 Å². The van der Waals surface area contributed by atoms with Gasteiger partial charge in [0.1, 0.15) is 6.61 Å². The number of non-ortho nitro benzene ring substituents is 1. The Morgan fingerprint density at radius 3 is 2.64 bits per heavy atom. The van der Waals surface area contributed by atoms with Gasteiger partial charge in [0.15, 0.2) is 10.8 Å². The van der Waals surface area contributed by atoms with E-state index >= 15 is 0 Å². The van der Waals surface area contributed by atoms with Gasteiger partial charge in [-0.3, -0.25) is 24.6 Å². The van der Waals surface area contributed by atoms with Crippen LogP contribution in [0.1, 0.15) is 18.4 Å². The SMILES string of the molecule is CSC1CC(=O)N1C(C(=O)OCc1ccc([N+](=O)[O-])cc1)=C1SCCC(=O)S1. The molecule has 1 aromatic carbocycles. The van der Waals surface area contributed by atoms with Crippen LogP contribution in [0.4, 0.5) is 5.69 Å². The predicted molar refractivity (Wildman–Crippen MR) is 108 cm³/mol. The van der Waals surface area contributed by atoms with Gasteiger partial charge in [0.05, 0.1) is 21.0 Å². The lowest BCUT2D eigenvalue weighted by Crippen LogP contribution is -2.51. The minimum atomic E-state index is -0.685. The number of nitro benzene ring substituents is 1. The van der Waals surface area contributed by atoms with Gasteiger partial charge in [-0.25, -0.2) is 4.79 Å². The number of hydrogen-bond donors (Lipinski definition) is 0. The van der Waals surface area contributed by atoms with Crippen LogP contribution in [0.3, 0.4) is 0 Å². The zero-order valence-corrected chi connectivity index (χ0v) is 17.2. The van der Waals surface area contributed by atoms with E-state index in [1.807, 2.05) is 6.26 Å². The molecule has 0 N–H and O–H groups in total. The fourth-order valence-corrected chi connectivity index (χ4v) is 5.70. The molecule has 2 aliphatic heterocycles. The molecule has 1 aromatic rings. The molecule has 148 valence electrons. The van der Waals surface area contributed by atoms with Crippen molar-refractivity contribution < 1.29 is 24.0 Å². The summed E-state index contributed by atoms with van der Waals surface area (Å²) in [5.41, 5.74) is 0.639. The second-order valence-corrected chi connectivity index (χ2v) is 9.31. The third-order valence-electron chi connectivity index (χ3n) is 4.07. The number of amides is 1. The Morgan fingerprint density at radius 2 is 2.07 bits per heavy atom. The van der Waals surface area contributed by atoms with Gasteiger partial charge in [-0.15, -0.1) is 23.5 Å². The Bertz CT molecular complexity index is 855. The Morgan fingerprint density at radius 1 is 1.36 bits per heavy atom. The van der Waals surface area contributed by atoms with E-state index in [0.717, 1.165) is 11.8 Å². The van der Waals surface area contributed by atoms with Gasteiger partial charge in [-0.1, -0.05) is 0 Å². The minimum absolute atomic E-state index is 0.0527. The lowest BCUT2D eigenvalue weighted by Gasteiger charge is -2.40. The zero-order valence-electron chi connectivity index (χ0n) is 14.8. The van der Waals surface area contributed by atoms with E-state index in [4.69, 9.17) is 4.74 Å². The summed E-state index contributed by atoms with van der Waals surface area (Å²) >= 11 is 3.78. The molecule has 0 aliphatic carbocycles. The molecular weight excluding hydrogens is 424 g/mol. The highest BCUT2D eigenvalue weighted by molar-refractivity contribution is 8.30. The van der Waals surface area contributed by atoms with Crippen LogP contribution in [0.2, 0.25) is 0 Å². The maximum Gasteiger partial charge on any atom is 0.357 e. The number of rotatable bonds is 6. The Balaban J connectivity index is 1.79. The molecule has 1 unspecified atom stereocenters. The normalized spacial score (nSPS) is 21.2. The number of esters is 1. The molecule has 1 atom stereocenters. The average molecular weight is 441 g/mol. The summed E-state index contributed by atoms with van der Waals surface area (Å²) in [4.78, 5) is 48.4. The molecule has 1 amide bonds. The number of likely N-dealkylation sites (tertiary alicyclic amines) is 1. The van der Waals surface area contributed by atoms with E-state index in [-0.39, 0.29) is 34.4 Å². The van der Waals surface area contributed by atoms with Crippen LogP contribution in [-0.4, -0.2) is 44.2 Å². The van der Waals surface area contributed by atoms with Crippen molar-refractivity contribution in [3.63, 3.8) is 0 Å². The largest absolute Gasteiger partial charge is 0.456 e. The molecule has 0 aromatic heterocycles. The fourth-order valence-electron chi connectivity index (χ4n) is 2.58. The number of carbonyl (C=O) groups is 3. The second kappa shape index (κ2) is 9.01. The van der Waals surface area contributed by atoms with Crippen LogP contribution in [0.15, 0.2) is 34.2 Å². The van der Waals surface area contributed by atoms with Gasteiger partial charge in [0.25, 0.3) is 5.69 Å². The van der Waals surface area contributed by atoms with Gasteiger partial charge in [-0.05, 0) is 35.7 Å². The molecule has 2 saturated heterocycles. The summed E-state index contributed by atoms with van der Waals surface area (Å²) in [5, 5.41) is 10.5. The van der Waals surface area contributed by atoms with Gasteiger partial charge >= 0.3 is 5.97 Å². The van der Waals surface area contributed by atoms with Crippen molar-refractivity contribution in [2.24, 2.45) is 0 Å². The summed E-state index contributed by atoms with van der Waals surface area (Å²) in [6.45, 7) is -0.0944. The van der Waals surface area contributed by atoms with Crippen LogP contribution < -0.4 is 0 Å². The van der Waals surface area contributed by atoms with Crippen LogP contribution in [0.25, 0.3) is 0 Å². The number of hydrogen-bond acceptors (Lipinski definition) is 9. The summed E-state index contributed by atoms with van der Waals surface area (Å²) in [6, 6.07) is 5.67. The molecule has 8 nitrogen and oxygen atoms in total. The lowest BCUT2D eigenvalue weighted by molar-refractivity contribution is -0.384. The molecule has 2 aliphatic rings. The fraction of sp³-hybridized carbons (Fsp3) is 0.353. The molecule has 0 radical (unpaired) electrons. The monoisotopic (exact) mass is 440 g/mol. The van der Waals surface area contributed by atoms with E-state index in [2.05, 4.69) is 0 Å². The highest BCUT2D eigenvalue weighted by atomic mass is 32.2. The first-order valence-electron chi connectivity index (χ1n) is 8.23. The predicted octanol–water partition coefficient (Wildman–Crippen LogP) is 3.13. The van der Waals surface area contributed by atoms with E-state index in [1.165, 1.54) is 52.7 Å². The number of β-lactam (4-membered cyclic amide) rings is 1. The molecule has 3 rings (SSSR count). The van der Waals surface area contributed by atoms with E-state index in [9.17, 15) is 24.5 Å². The lowest BCUT2D eigenvalue weighted by atomic mass is 10.2. The number of ether oxygens (including phenoxy) is 1. The van der Waals surface area contributed by atoms with E-state index in [1.54, 1.807) is 0 Å². The van der Waals surface area contributed by atoms with Crippen molar-refractivity contribution in [2.45, 2.75) is 24.8 Å². The first-order valence-corrected chi connectivity index (χ1v) is 11.3. The Kier molecular flexibility index (Phi) is 6.68. The Hall–Kier alpha value is -1.98. The smallest absolute Gasteiger partial charge is 0.357 e. The maximum atomic E-state index is 12.8. The summed E-state index contributed by atoms with van der Waals surface area (Å²) in [7, 11) is 0. The quantitative estimate of drug-likeness (QED) is 0.217. The van der Waals surface area contributed by atoms with Crippen molar-refractivity contribution >= 4 is 58.0 Å². The molecule has 28 heavy (non-hydrogen) atoms. The molecule has 0 saturated carbocycles. The van der Waals surface area contributed by atoms with Crippen molar-refractivity contribution in [2.75, 3.05) is 12.0 Å². The maximum absolute atomic E-state index is 12.8. The van der Waals surface area contributed by atoms with Crippen LogP contribution >= 0.6 is 35.3 Å². The highest BCUT2D eigenvalue weighted by Gasteiger charge is 2.43. The second-order valence-electron chi connectivity index (χ2n) is 5.87. The molecule has 0 spiro atoms. The van der Waals surface area contributed by atoms with Crippen molar-refractivity contribution in [3.8, 4) is 0 Å². The average Bonchev–Trinajstić information content (AvgIpc) is 2.68. The number of nitrogens with zero attached hydrogens (tertiary/aromatic N) is 2. The van der Waals surface area contributed by atoms with E-state index < -0.39 is 10.9 Å². The van der Waals surface area contributed by atoms with Crippen LogP contribution in [-0.2, 0) is 25.7 Å². The van der Waals surface area contributed by atoms with E-state index in [0.29, 0.717) is 28.4 Å². The number of benzene rings is 1. The van der Waals surface area contributed by atoms with Crippen molar-refractivity contribution in [1.82, 2.24) is 4.90 Å². The molecule has 2 heterocycles. The summed E-state index contributed by atoms with van der Waals surface area (Å²) in [6.07, 6.45) is 2.58. The molecule has 11 heteroatoms. The number of carbonyl (C=O) groups excluding carboxylic acids is 3. The first-order chi connectivity index (χ1) is 13.4. The topological polar surface area (TPSA) is 107 Å². The highest BCUT2D eigenvalue weighted by Crippen LogP contribution is 2.43. The molecular formula is C17H16N2O6S3. The zero-order chi connectivity index (χ0) is 20.3. The van der Waals surface area contributed by atoms with Gasteiger partial charge in [0, 0.05) is 24.3 Å². The number of thioether (sulfide) groups is 3. The summed E-state index contributed by atoms with van der Waals surface area (Å²) in [5.74, 6) is -0.324. The van der Waals surface area contributed by atoms with Crippen molar-refractivity contribution in [3.05, 3.63) is 49.9 Å². The van der Waals surface area contributed by atoms with Crippen LogP contribution in [0.5, 0.6) is 0 Å². The summed E-state index contributed by atoms with van der Waals surface area (Å²) < 4.78 is 5.85. The molecule has 2 fully saturated rings. The van der Waals surface area contributed by atoms with Crippen LogP contribution in [0, 0.1) is 10.1 Å². The number of nitro groups is 1. The minimum Gasteiger partial charge on any atom is -0.456 e. The standard InChI is InChI=1S/C17H16N2O6S3/c1-26-13-8-12(20)18(13)15(17-27-7-6-14(21)28-17)16(22)25-9-10-2-4-11(5-3-10)19(23)24/h2-5,13H,6-9H2,1H3. The van der Waals surface area contributed by atoms with Gasteiger partial charge < -0.3 is 4.74 Å². The first kappa shape index (κ1) is 20.7.